The molecule has 0 amide bonds. The van der Waals surface area contributed by atoms with Crippen molar-refractivity contribution in [2.24, 2.45) is 5.92 Å². The molecule has 0 unspecified atom stereocenters. The molecule has 0 saturated carbocycles. The predicted octanol–water partition coefficient (Wildman–Crippen LogP) is 7.75. The summed E-state index contributed by atoms with van der Waals surface area (Å²) in [6.45, 7) is 15.1. The second kappa shape index (κ2) is 13.8. The molecule has 0 atom stereocenters. The van der Waals surface area contributed by atoms with E-state index >= 15 is 0 Å². The molecule has 0 bridgehead atoms. The molecule has 1 N–H and O–H groups in total. The molecule has 0 radical (unpaired) electrons. The molecule has 0 aliphatic rings. The van der Waals surface area contributed by atoms with Gasteiger partial charge in [0, 0.05) is 12.7 Å². The van der Waals surface area contributed by atoms with E-state index in [1.54, 1.807) is 7.11 Å². The molecule has 0 aliphatic carbocycles. The van der Waals surface area contributed by atoms with Gasteiger partial charge in [-0.25, -0.2) is 4.98 Å². The zero-order chi connectivity index (χ0) is 23.4. The summed E-state index contributed by atoms with van der Waals surface area (Å²) < 4.78 is 5.69. The van der Waals surface area contributed by atoms with Crippen LogP contribution < -0.4 is 4.74 Å². The van der Waals surface area contributed by atoms with E-state index in [1.807, 2.05) is 6.08 Å². The number of hydrogen-bond acceptors (Lipinski definition) is 3. The zero-order valence-electron chi connectivity index (χ0n) is 20.5. The SMILES string of the molecule is C=Cc1ccc(-c2ccc(C(C)C)cc2OC)nc1/C(C)=C\CCC(CC)CC.CO. The Labute approximate surface area is 189 Å². The Morgan fingerprint density at radius 3 is 2.35 bits per heavy atom. The van der Waals surface area contributed by atoms with Gasteiger partial charge in [0.2, 0.25) is 0 Å². The number of aromatic nitrogens is 1. The molecule has 3 heteroatoms. The zero-order valence-corrected chi connectivity index (χ0v) is 20.5. The van der Waals surface area contributed by atoms with E-state index in [-0.39, 0.29) is 0 Å². The van der Waals surface area contributed by atoms with E-state index in [1.165, 1.54) is 30.4 Å². The first-order valence-corrected chi connectivity index (χ1v) is 11.4. The van der Waals surface area contributed by atoms with Crippen molar-refractivity contribution in [3.63, 3.8) is 0 Å². The van der Waals surface area contributed by atoms with Gasteiger partial charge in [-0.3, -0.25) is 0 Å². The minimum atomic E-state index is 0.463. The van der Waals surface area contributed by atoms with Crippen LogP contribution >= 0.6 is 0 Å². The van der Waals surface area contributed by atoms with Gasteiger partial charge in [0.15, 0.2) is 0 Å². The van der Waals surface area contributed by atoms with E-state index in [0.717, 1.165) is 47.7 Å². The Balaban J connectivity index is 0.00000233. The maximum atomic E-state index is 7.00. The Kier molecular flexibility index (Phi) is 11.9. The summed E-state index contributed by atoms with van der Waals surface area (Å²) in [5.41, 5.74) is 6.53. The van der Waals surface area contributed by atoms with Gasteiger partial charge in [-0.15, -0.1) is 0 Å². The van der Waals surface area contributed by atoms with Crippen LogP contribution in [0.15, 0.2) is 43.0 Å². The van der Waals surface area contributed by atoms with Crippen LogP contribution in [0.5, 0.6) is 5.75 Å². The van der Waals surface area contributed by atoms with Crippen molar-refractivity contribution in [1.82, 2.24) is 4.98 Å². The van der Waals surface area contributed by atoms with Gasteiger partial charge >= 0.3 is 0 Å². The fraction of sp³-hybridized carbons (Fsp3) is 0.464. The van der Waals surface area contributed by atoms with Crippen molar-refractivity contribution in [2.45, 2.75) is 66.2 Å². The lowest BCUT2D eigenvalue weighted by atomic mass is 9.96. The number of ether oxygens (including phenoxy) is 1. The Bertz CT molecular complexity index is 848. The number of aliphatic hydroxyl groups excluding tert-OH is 1. The largest absolute Gasteiger partial charge is 0.496 e. The van der Waals surface area contributed by atoms with Gasteiger partial charge < -0.3 is 9.84 Å². The van der Waals surface area contributed by atoms with Gasteiger partial charge in [-0.2, -0.15) is 0 Å². The van der Waals surface area contributed by atoms with Gasteiger partial charge in [-0.1, -0.05) is 71.4 Å². The summed E-state index contributed by atoms with van der Waals surface area (Å²) in [5, 5.41) is 7.00. The van der Waals surface area contributed by atoms with Crippen molar-refractivity contribution >= 4 is 11.6 Å². The molecule has 170 valence electrons. The third kappa shape index (κ3) is 7.36. The lowest BCUT2D eigenvalue weighted by Gasteiger charge is -2.15. The normalized spacial score (nSPS) is 11.4. The molecule has 1 aromatic heterocycles. The van der Waals surface area contributed by atoms with E-state index in [9.17, 15) is 0 Å². The molecule has 31 heavy (non-hydrogen) atoms. The van der Waals surface area contributed by atoms with Crippen molar-refractivity contribution < 1.29 is 9.84 Å². The molecule has 1 heterocycles. The van der Waals surface area contributed by atoms with Gasteiger partial charge in [0.25, 0.3) is 0 Å². The molecule has 2 aromatic rings. The fourth-order valence-corrected chi connectivity index (χ4v) is 3.71. The number of hydrogen-bond donors (Lipinski definition) is 1. The van der Waals surface area contributed by atoms with Crippen molar-refractivity contribution in [3.8, 4) is 17.0 Å². The number of pyridine rings is 1. The van der Waals surface area contributed by atoms with Crippen LogP contribution in [-0.4, -0.2) is 24.3 Å². The summed E-state index contributed by atoms with van der Waals surface area (Å²) in [7, 11) is 2.73. The Hall–Kier alpha value is -2.39. The lowest BCUT2D eigenvalue weighted by Crippen LogP contribution is -1.98. The number of methoxy groups -OCH3 is 1. The number of allylic oxidation sites excluding steroid dienone is 2. The van der Waals surface area contributed by atoms with E-state index < -0.39 is 0 Å². The highest BCUT2D eigenvalue weighted by Crippen LogP contribution is 2.33. The highest BCUT2D eigenvalue weighted by Gasteiger charge is 2.13. The second-order valence-electron chi connectivity index (χ2n) is 8.10. The van der Waals surface area contributed by atoms with Crippen molar-refractivity contribution in [2.75, 3.05) is 14.2 Å². The molecule has 0 spiro atoms. The summed E-state index contributed by atoms with van der Waals surface area (Å²) in [6.07, 6.45) is 9.05. The second-order valence-corrected chi connectivity index (χ2v) is 8.10. The number of rotatable bonds is 10. The van der Waals surface area contributed by atoms with E-state index in [2.05, 4.69) is 77.6 Å². The topological polar surface area (TPSA) is 42.4 Å². The van der Waals surface area contributed by atoms with Crippen LogP contribution in [0, 0.1) is 5.92 Å². The molecule has 3 nitrogen and oxygen atoms in total. The Morgan fingerprint density at radius 2 is 1.81 bits per heavy atom. The monoisotopic (exact) mass is 423 g/mol. The maximum Gasteiger partial charge on any atom is 0.128 e. The predicted molar refractivity (Wildman–Crippen MR) is 136 cm³/mol. The fourth-order valence-electron chi connectivity index (χ4n) is 3.71. The quantitative estimate of drug-likeness (QED) is 0.425. The summed E-state index contributed by atoms with van der Waals surface area (Å²) in [4.78, 5) is 5.02. The molecule has 2 rings (SSSR count). The first kappa shape index (κ1) is 26.6. The van der Waals surface area contributed by atoms with E-state index in [0.29, 0.717) is 5.92 Å². The molecule has 0 saturated heterocycles. The van der Waals surface area contributed by atoms with Crippen molar-refractivity contribution in [1.29, 1.82) is 0 Å². The first-order chi connectivity index (χ1) is 14.9. The molecule has 0 fully saturated rings. The maximum absolute atomic E-state index is 7.00. The third-order valence-corrected chi connectivity index (χ3v) is 5.87. The number of nitrogens with zero attached hydrogens (tertiary/aromatic N) is 1. The molecule has 1 aromatic carbocycles. The lowest BCUT2D eigenvalue weighted by molar-refractivity contribution is 0.399. The van der Waals surface area contributed by atoms with Crippen LogP contribution in [0.4, 0.5) is 0 Å². The standard InChI is InChI=1S/C27H37NO.CH4O/c1-8-21(9-2)13-11-12-20(6)27-22(10-3)15-17-25(28-27)24-16-14-23(19(4)5)18-26(24)29-7;1-2/h10,12,14-19,21H,3,8-9,11,13H2,1-2,4-7H3;2H,1H3/b20-12-;. The first-order valence-electron chi connectivity index (χ1n) is 11.4. The minimum absolute atomic E-state index is 0.463. The third-order valence-electron chi connectivity index (χ3n) is 5.87. The van der Waals surface area contributed by atoms with Gasteiger partial charge in [0.05, 0.1) is 18.5 Å². The number of aliphatic hydroxyl groups is 1. The van der Waals surface area contributed by atoms with Crippen LogP contribution in [0.1, 0.15) is 83.0 Å². The summed E-state index contributed by atoms with van der Waals surface area (Å²) >= 11 is 0. The number of benzene rings is 1. The van der Waals surface area contributed by atoms with Crippen LogP contribution in [0.3, 0.4) is 0 Å². The molecular formula is C28H41NO2. The van der Waals surface area contributed by atoms with Crippen LogP contribution in [0.25, 0.3) is 22.9 Å². The van der Waals surface area contributed by atoms with E-state index in [4.69, 9.17) is 14.8 Å². The summed E-state index contributed by atoms with van der Waals surface area (Å²) in [6, 6.07) is 10.6. The molecular weight excluding hydrogens is 382 g/mol. The van der Waals surface area contributed by atoms with Crippen LogP contribution in [-0.2, 0) is 0 Å². The van der Waals surface area contributed by atoms with Gasteiger partial charge in [-0.05, 0) is 66.5 Å². The molecule has 0 aliphatic heterocycles. The Morgan fingerprint density at radius 1 is 1.13 bits per heavy atom. The minimum Gasteiger partial charge on any atom is -0.496 e. The highest BCUT2D eigenvalue weighted by atomic mass is 16.5. The van der Waals surface area contributed by atoms with Gasteiger partial charge in [0.1, 0.15) is 5.75 Å². The van der Waals surface area contributed by atoms with Crippen molar-refractivity contribution in [3.05, 3.63) is 59.8 Å². The average Bonchev–Trinajstić information content (AvgIpc) is 2.82. The van der Waals surface area contributed by atoms with Crippen LogP contribution in [0.2, 0.25) is 0 Å². The highest BCUT2D eigenvalue weighted by molar-refractivity contribution is 5.75. The average molecular weight is 424 g/mol. The smallest absolute Gasteiger partial charge is 0.128 e. The summed E-state index contributed by atoms with van der Waals surface area (Å²) in [5.74, 6) is 2.14.